The summed E-state index contributed by atoms with van der Waals surface area (Å²) in [4.78, 5) is 5.38. The number of nitrogens with one attached hydrogen (secondary N) is 1. The van der Waals surface area contributed by atoms with E-state index >= 15 is 0 Å². The predicted octanol–water partition coefficient (Wildman–Crippen LogP) is 1.01. The molecule has 2 aromatic rings. The smallest absolute Gasteiger partial charge is 0.132 e. The van der Waals surface area contributed by atoms with Crippen LogP contribution in [0, 0.1) is 6.92 Å². The summed E-state index contributed by atoms with van der Waals surface area (Å²) in [6.07, 6.45) is 4.81. The second-order valence-corrected chi connectivity index (χ2v) is 4.59. The predicted molar refractivity (Wildman–Crippen MR) is 66.3 cm³/mol. The zero-order valence-corrected chi connectivity index (χ0v) is 10.7. The maximum Gasteiger partial charge on any atom is 0.132 e. The Morgan fingerprint density at radius 1 is 1.59 bits per heavy atom. The molecule has 3 N–H and O–H groups in total. The number of nitrogens with zero attached hydrogens (tertiary/aromatic N) is 4. The van der Waals surface area contributed by atoms with Gasteiger partial charge in [-0.25, -0.2) is 10.4 Å². The number of hydrazine groups is 1. The van der Waals surface area contributed by atoms with Gasteiger partial charge in [-0.2, -0.15) is 0 Å². The number of nitrogens with two attached hydrogens (primary N) is 1. The van der Waals surface area contributed by atoms with Crippen molar-refractivity contribution in [2.75, 3.05) is 0 Å². The summed E-state index contributed by atoms with van der Waals surface area (Å²) in [5.74, 6) is 6.54. The number of hydrogen-bond donors (Lipinski definition) is 2. The minimum atomic E-state index is -0.142. The van der Waals surface area contributed by atoms with Gasteiger partial charge in [0, 0.05) is 18.9 Å². The zero-order chi connectivity index (χ0) is 12.3. The van der Waals surface area contributed by atoms with Crippen molar-refractivity contribution >= 4 is 11.5 Å². The molecule has 6 nitrogen and oxygen atoms in total. The topological polar surface area (TPSA) is 81.7 Å². The zero-order valence-electron chi connectivity index (χ0n) is 9.92. The van der Waals surface area contributed by atoms with Gasteiger partial charge in [-0.3, -0.25) is 5.84 Å². The fourth-order valence-electron chi connectivity index (χ4n) is 1.78. The van der Waals surface area contributed by atoms with Gasteiger partial charge in [-0.1, -0.05) is 11.4 Å². The van der Waals surface area contributed by atoms with Crippen molar-refractivity contribution in [3.8, 4) is 0 Å². The average Bonchev–Trinajstić information content (AvgIpc) is 2.92. The minimum Gasteiger partial charge on any atom is -0.333 e. The molecule has 0 spiro atoms. The Bertz CT molecular complexity index is 477. The van der Waals surface area contributed by atoms with E-state index in [0.717, 1.165) is 29.4 Å². The van der Waals surface area contributed by atoms with Crippen LogP contribution in [0.5, 0.6) is 0 Å². The van der Waals surface area contributed by atoms with Crippen LogP contribution in [0.4, 0.5) is 0 Å². The van der Waals surface area contributed by atoms with Crippen LogP contribution < -0.4 is 11.3 Å². The third kappa shape index (κ3) is 2.36. The van der Waals surface area contributed by atoms with Crippen LogP contribution in [-0.4, -0.2) is 19.1 Å². The molecule has 17 heavy (non-hydrogen) atoms. The number of rotatable bonds is 5. The van der Waals surface area contributed by atoms with Gasteiger partial charge in [-0.05, 0) is 24.9 Å². The molecular formula is C10H16N6S. The summed E-state index contributed by atoms with van der Waals surface area (Å²) in [5, 5.41) is 4.01. The van der Waals surface area contributed by atoms with E-state index in [2.05, 4.69) is 31.5 Å². The Balaban J connectivity index is 2.35. The van der Waals surface area contributed by atoms with Gasteiger partial charge in [0.25, 0.3) is 0 Å². The standard InChI is InChI=1S/C10H16N6S/c1-3-5-16-6-4-12-10(16)8(13-11)9-7(2)14-15-17-9/h4,6,8,13H,3,5,11H2,1-2H3. The number of hydrogen-bond acceptors (Lipinski definition) is 6. The van der Waals surface area contributed by atoms with E-state index < -0.39 is 0 Å². The molecular weight excluding hydrogens is 236 g/mol. The second kappa shape index (κ2) is 5.35. The van der Waals surface area contributed by atoms with Gasteiger partial charge >= 0.3 is 0 Å². The molecule has 0 saturated carbocycles. The molecule has 0 aliphatic heterocycles. The number of aromatic nitrogens is 4. The van der Waals surface area contributed by atoms with Crippen molar-refractivity contribution in [2.24, 2.45) is 5.84 Å². The van der Waals surface area contributed by atoms with Crippen LogP contribution in [0.25, 0.3) is 0 Å². The highest BCUT2D eigenvalue weighted by atomic mass is 32.1. The monoisotopic (exact) mass is 252 g/mol. The fraction of sp³-hybridized carbons (Fsp3) is 0.500. The van der Waals surface area contributed by atoms with Gasteiger partial charge in [0.1, 0.15) is 11.9 Å². The van der Waals surface area contributed by atoms with E-state index in [9.17, 15) is 0 Å². The van der Waals surface area contributed by atoms with Gasteiger partial charge in [-0.15, -0.1) is 5.10 Å². The summed E-state index contributed by atoms with van der Waals surface area (Å²) in [5.41, 5.74) is 3.69. The molecule has 0 saturated heterocycles. The molecule has 92 valence electrons. The molecule has 1 unspecified atom stereocenters. The van der Waals surface area contributed by atoms with Crippen molar-refractivity contribution in [3.05, 3.63) is 28.8 Å². The van der Waals surface area contributed by atoms with Gasteiger partial charge in [0.2, 0.25) is 0 Å². The fourth-order valence-corrected chi connectivity index (χ4v) is 2.48. The summed E-state index contributed by atoms with van der Waals surface area (Å²) in [7, 11) is 0. The lowest BCUT2D eigenvalue weighted by molar-refractivity contribution is 0.548. The molecule has 0 radical (unpaired) electrons. The Kier molecular flexibility index (Phi) is 3.82. The summed E-state index contributed by atoms with van der Waals surface area (Å²) >= 11 is 1.35. The normalized spacial score (nSPS) is 12.9. The molecule has 2 aromatic heterocycles. The van der Waals surface area contributed by atoms with Gasteiger partial charge in [0.15, 0.2) is 0 Å². The molecule has 7 heteroatoms. The first kappa shape index (κ1) is 12.2. The van der Waals surface area contributed by atoms with E-state index in [-0.39, 0.29) is 6.04 Å². The van der Waals surface area contributed by atoms with Crippen molar-refractivity contribution in [1.82, 2.24) is 24.6 Å². The third-order valence-electron chi connectivity index (χ3n) is 2.59. The van der Waals surface area contributed by atoms with E-state index in [0.29, 0.717) is 0 Å². The first-order valence-corrected chi connectivity index (χ1v) is 6.31. The van der Waals surface area contributed by atoms with Crippen molar-refractivity contribution in [3.63, 3.8) is 0 Å². The highest BCUT2D eigenvalue weighted by Crippen LogP contribution is 2.24. The highest BCUT2D eigenvalue weighted by molar-refractivity contribution is 7.05. The molecule has 0 aliphatic rings. The molecule has 2 rings (SSSR count). The highest BCUT2D eigenvalue weighted by Gasteiger charge is 2.22. The van der Waals surface area contributed by atoms with Gasteiger partial charge in [0.05, 0.1) is 10.6 Å². The quantitative estimate of drug-likeness (QED) is 0.613. The van der Waals surface area contributed by atoms with Crippen LogP contribution in [0.3, 0.4) is 0 Å². The van der Waals surface area contributed by atoms with Crippen LogP contribution in [0.2, 0.25) is 0 Å². The minimum absolute atomic E-state index is 0.142. The molecule has 0 amide bonds. The van der Waals surface area contributed by atoms with E-state index in [1.165, 1.54) is 11.5 Å². The van der Waals surface area contributed by atoms with E-state index in [4.69, 9.17) is 5.84 Å². The summed E-state index contributed by atoms with van der Waals surface area (Å²) < 4.78 is 6.04. The Morgan fingerprint density at radius 3 is 3.00 bits per heavy atom. The average molecular weight is 252 g/mol. The molecule has 2 heterocycles. The Hall–Kier alpha value is -1.31. The lowest BCUT2D eigenvalue weighted by Gasteiger charge is -2.15. The van der Waals surface area contributed by atoms with Crippen molar-refractivity contribution in [1.29, 1.82) is 0 Å². The lowest BCUT2D eigenvalue weighted by Crippen LogP contribution is -2.31. The third-order valence-corrected chi connectivity index (χ3v) is 3.48. The van der Waals surface area contributed by atoms with Crippen LogP contribution in [-0.2, 0) is 6.54 Å². The maximum absolute atomic E-state index is 5.64. The maximum atomic E-state index is 5.64. The molecule has 0 fully saturated rings. The van der Waals surface area contributed by atoms with Crippen LogP contribution in [0.1, 0.15) is 35.8 Å². The number of imidazole rings is 1. The van der Waals surface area contributed by atoms with E-state index in [1.807, 2.05) is 13.1 Å². The van der Waals surface area contributed by atoms with E-state index in [1.54, 1.807) is 6.20 Å². The van der Waals surface area contributed by atoms with Gasteiger partial charge < -0.3 is 4.57 Å². The Morgan fingerprint density at radius 2 is 2.41 bits per heavy atom. The second-order valence-electron chi connectivity index (χ2n) is 3.80. The lowest BCUT2D eigenvalue weighted by atomic mass is 10.2. The SMILES string of the molecule is CCCn1ccnc1C(NN)c1snnc1C. The molecule has 1 atom stereocenters. The molecule has 0 aromatic carbocycles. The van der Waals surface area contributed by atoms with Crippen molar-refractivity contribution < 1.29 is 0 Å². The molecule has 0 bridgehead atoms. The first-order valence-electron chi connectivity index (χ1n) is 5.54. The summed E-state index contributed by atoms with van der Waals surface area (Å²) in [6, 6.07) is -0.142. The van der Waals surface area contributed by atoms with Crippen molar-refractivity contribution in [2.45, 2.75) is 32.9 Å². The number of aryl methyl sites for hydroxylation is 2. The van der Waals surface area contributed by atoms with Crippen LogP contribution >= 0.6 is 11.5 Å². The first-order chi connectivity index (χ1) is 8.27. The summed E-state index contributed by atoms with van der Waals surface area (Å²) in [6.45, 7) is 4.99. The largest absolute Gasteiger partial charge is 0.333 e. The molecule has 0 aliphatic carbocycles. The van der Waals surface area contributed by atoms with Crippen LogP contribution in [0.15, 0.2) is 12.4 Å². The Labute approximate surface area is 104 Å².